The van der Waals surface area contributed by atoms with Crippen LogP contribution < -0.4 is 5.73 Å². The quantitative estimate of drug-likeness (QED) is 0.790. The topological polar surface area (TPSA) is 78.0 Å². The van der Waals surface area contributed by atoms with Gasteiger partial charge in [0.25, 0.3) is 0 Å². The number of hydrogen-bond donors (Lipinski definition) is 1. The maximum Gasteiger partial charge on any atom is 0.150 e. The summed E-state index contributed by atoms with van der Waals surface area (Å²) in [6.45, 7) is 0.771. The van der Waals surface area contributed by atoms with Crippen molar-refractivity contribution in [2.24, 2.45) is 5.92 Å². The van der Waals surface area contributed by atoms with Gasteiger partial charge < -0.3 is 5.73 Å². The largest absolute Gasteiger partial charge is 0.382 e. The van der Waals surface area contributed by atoms with E-state index in [-0.39, 0.29) is 0 Å². The third-order valence-electron chi connectivity index (χ3n) is 2.78. The minimum atomic E-state index is -2.76. The van der Waals surface area contributed by atoms with E-state index in [0.29, 0.717) is 23.2 Å². The molecule has 5 nitrogen and oxygen atoms in total. The Morgan fingerprint density at radius 2 is 2.13 bits per heavy atom. The lowest BCUT2D eigenvalue weighted by atomic mass is 10.0. The number of rotatable bonds is 2. The van der Waals surface area contributed by atoms with E-state index in [9.17, 15) is 8.42 Å². The number of aromatic nitrogens is 2. The Morgan fingerprint density at radius 3 is 2.67 bits per heavy atom. The lowest BCUT2D eigenvalue weighted by Crippen LogP contribution is -2.26. The molecule has 0 aliphatic carbocycles. The summed E-state index contributed by atoms with van der Waals surface area (Å²) in [6.07, 6.45) is 3.31. The molecule has 2 heterocycles. The summed E-state index contributed by atoms with van der Waals surface area (Å²) in [5.74, 6) is 1.55. The molecule has 0 radical (unpaired) electrons. The summed E-state index contributed by atoms with van der Waals surface area (Å²) in [5, 5.41) is 4.09. The highest BCUT2D eigenvalue weighted by Gasteiger charge is 2.23. The first-order valence-corrected chi connectivity index (χ1v) is 6.87. The number of anilines is 1. The molecule has 1 fully saturated rings. The zero-order valence-corrected chi connectivity index (χ0v) is 9.28. The van der Waals surface area contributed by atoms with Crippen LogP contribution in [0, 0.1) is 5.92 Å². The molecule has 2 N–H and O–H groups in total. The number of nitrogens with two attached hydrogens (primary N) is 1. The number of sulfone groups is 1. The first-order chi connectivity index (χ1) is 7.05. The van der Waals surface area contributed by atoms with Crippen molar-refractivity contribution in [2.45, 2.75) is 19.4 Å². The average molecular weight is 229 g/mol. The van der Waals surface area contributed by atoms with Crippen LogP contribution in [-0.4, -0.2) is 29.7 Å². The maximum atomic E-state index is 11.2. The van der Waals surface area contributed by atoms with Gasteiger partial charge in [0, 0.05) is 12.7 Å². The van der Waals surface area contributed by atoms with Gasteiger partial charge in [0.15, 0.2) is 0 Å². The van der Waals surface area contributed by atoms with Gasteiger partial charge in [-0.1, -0.05) is 0 Å². The van der Waals surface area contributed by atoms with Crippen LogP contribution in [0.4, 0.5) is 5.82 Å². The van der Waals surface area contributed by atoms with Gasteiger partial charge in [-0.2, -0.15) is 5.10 Å². The van der Waals surface area contributed by atoms with Gasteiger partial charge in [0.1, 0.15) is 15.7 Å². The SMILES string of the molecule is Nc1ccn(CC2CCS(=O)(=O)CC2)n1. The Labute approximate surface area is 89.2 Å². The summed E-state index contributed by atoms with van der Waals surface area (Å²) in [4.78, 5) is 0. The molecule has 84 valence electrons. The van der Waals surface area contributed by atoms with Crippen LogP contribution in [0.5, 0.6) is 0 Å². The third kappa shape index (κ3) is 2.71. The highest BCUT2D eigenvalue weighted by molar-refractivity contribution is 7.91. The van der Waals surface area contributed by atoms with E-state index >= 15 is 0 Å². The molecule has 0 bridgehead atoms. The van der Waals surface area contributed by atoms with E-state index in [4.69, 9.17) is 5.73 Å². The van der Waals surface area contributed by atoms with E-state index in [0.717, 1.165) is 19.4 Å². The van der Waals surface area contributed by atoms with E-state index in [1.54, 1.807) is 10.7 Å². The lowest BCUT2D eigenvalue weighted by molar-refractivity contribution is 0.385. The van der Waals surface area contributed by atoms with Crippen LogP contribution >= 0.6 is 0 Å². The molecule has 0 amide bonds. The van der Waals surface area contributed by atoms with Gasteiger partial charge in [-0.3, -0.25) is 4.68 Å². The zero-order valence-electron chi connectivity index (χ0n) is 8.46. The molecule has 0 spiro atoms. The third-order valence-corrected chi connectivity index (χ3v) is 4.50. The fourth-order valence-corrected chi connectivity index (χ4v) is 3.45. The van der Waals surface area contributed by atoms with E-state index in [1.807, 2.05) is 6.20 Å². The van der Waals surface area contributed by atoms with Crippen LogP contribution in [0.25, 0.3) is 0 Å². The van der Waals surface area contributed by atoms with Crippen LogP contribution in [-0.2, 0) is 16.4 Å². The van der Waals surface area contributed by atoms with Crippen LogP contribution in [0.1, 0.15) is 12.8 Å². The molecule has 1 saturated heterocycles. The van der Waals surface area contributed by atoms with Crippen molar-refractivity contribution in [3.63, 3.8) is 0 Å². The Bertz CT molecular complexity index is 424. The van der Waals surface area contributed by atoms with Crippen LogP contribution in [0.2, 0.25) is 0 Å². The van der Waals surface area contributed by atoms with E-state index in [1.165, 1.54) is 0 Å². The number of hydrogen-bond acceptors (Lipinski definition) is 4. The molecule has 0 aromatic carbocycles. The molecular weight excluding hydrogens is 214 g/mol. The summed E-state index contributed by atoms with van der Waals surface area (Å²) < 4.78 is 24.2. The number of nitrogen functional groups attached to an aromatic ring is 1. The van der Waals surface area contributed by atoms with Crippen molar-refractivity contribution in [1.82, 2.24) is 9.78 Å². The fourth-order valence-electron chi connectivity index (χ4n) is 1.87. The van der Waals surface area contributed by atoms with Gasteiger partial charge >= 0.3 is 0 Å². The smallest absolute Gasteiger partial charge is 0.150 e. The molecule has 15 heavy (non-hydrogen) atoms. The lowest BCUT2D eigenvalue weighted by Gasteiger charge is -2.21. The Morgan fingerprint density at radius 1 is 1.47 bits per heavy atom. The van der Waals surface area contributed by atoms with Crippen molar-refractivity contribution in [3.8, 4) is 0 Å². The van der Waals surface area contributed by atoms with Crippen molar-refractivity contribution in [1.29, 1.82) is 0 Å². The number of nitrogens with zero attached hydrogens (tertiary/aromatic N) is 2. The monoisotopic (exact) mass is 229 g/mol. The predicted octanol–water partition coefficient (Wildman–Crippen LogP) is 0.290. The normalized spacial score (nSPS) is 21.6. The second-order valence-corrected chi connectivity index (χ2v) is 6.36. The molecule has 1 aliphatic heterocycles. The second kappa shape index (κ2) is 3.84. The van der Waals surface area contributed by atoms with Crippen LogP contribution in [0.15, 0.2) is 12.3 Å². The van der Waals surface area contributed by atoms with Gasteiger partial charge in [-0.25, -0.2) is 8.42 Å². The zero-order chi connectivity index (χ0) is 10.9. The summed E-state index contributed by atoms with van der Waals surface area (Å²) in [7, 11) is -2.76. The van der Waals surface area contributed by atoms with Crippen molar-refractivity contribution >= 4 is 15.7 Å². The highest BCUT2D eigenvalue weighted by Crippen LogP contribution is 2.20. The van der Waals surface area contributed by atoms with Gasteiger partial charge in [0.2, 0.25) is 0 Å². The summed E-state index contributed by atoms with van der Waals surface area (Å²) in [5.41, 5.74) is 5.50. The molecule has 1 aromatic heterocycles. The maximum absolute atomic E-state index is 11.2. The first-order valence-electron chi connectivity index (χ1n) is 5.04. The molecule has 1 aliphatic rings. The van der Waals surface area contributed by atoms with Crippen molar-refractivity contribution in [2.75, 3.05) is 17.2 Å². The molecule has 0 saturated carbocycles. The second-order valence-electron chi connectivity index (χ2n) is 4.06. The molecular formula is C9H15N3O2S. The molecule has 6 heteroatoms. The fraction of sp³-hybridized carbons (Fsp3) is 0.667. The molecule has 1 aromatic rings. The Hall–Kier alpha value is -1.04. The van der Waals surface area contributed by atoms with Crippen molar-refractivity contribution in [3.05, 3.63) is 12.3 Å². The summed E-state index contributed by atoms with van der Waals surface area (Å²) in [6, 6.07) is 1.75. The van der Waals surface area contributed by atoms with E-state index < -0.39 is 9.84 Å². The average Bonchev–Trinajstić information content (AvgIpc) is 2.55. The standard InChI is InChI=1S/C9H15N3O2S/c10-9-1-4-12(11-9)7-8-2-5-15(13,14)6-3-8/h1,4,8H,2-3,5-7H2,(H2,10,11). The minimum absolute atomic E-state index is 0.314. The first kappa shape index (κ1) is 10.5. The van der Waals surface area contributed by atoms with Crippen LogP contribution in [0.3, 0.4) is 0 Å². The molecule has 2 rings (SSSR count). The molecule has 0 atom stereocenters. The van der Waals surface area contributed by atoms with Gasteiger partial charge in [0.05, 0.1) is 11.5 Å². The summed E-state index contributed by atoms with van der Waals surface area (Å²) >= 11 is 0. The minimum Gasteiger partial charge on any atom is -0.382 e. The molecule has 0 unspecified atom stereocenters. The Balaban J connectivity index is 1.92. The predicted molar refractivity (Wildman–Crippen MR) is 58.0 cm³/mol. The van der Waals surface area contributed by atoms with Crippen molar-refractivity contribution < 1.29 is 8.42 Å². The van der Waals surface area contributed by atoms with Gasteiger partial charge in [-0.15, -0.1) is 0 Å². The highest BCUT2D eigenvalue weighted by atomic mass is 32.2. The van der Waals surface area contributed by atoms with Gasteiger partial charge in [-0.05, 0) is 24.8 Å². The van der Waals surface area contributed by atoms with E-state index in [2.05, 4.69) is 5.10 Å². The Kier molecular flexibility index (Phi) is 2.68.